The number of hydrogen-bond acceptors (Lipinski definition) is 2. The van der Waals surface area contributed by atoms with Gasteiger partial charge in [0.2, 0.25) is 0 Å². The van der Waals surface area contributed by atoms with E-state index >= 15 is 0 Å². The highest BCUT2D eigenvalue weighted by atomic mass is 15.3. The van der Waals surface area contributed by atoms with Crippen LogP contribution >= 0.6 is 0 Å². The smallest absolute Gasteiger partial charge is 0.0559 e. The Kier molecular flexibility index (Phi) is 5.77. The van der Waals surface area contributed by atoms with E-state index in [9.17, 15) is 0 Å². The maximum absolute atomic E-state index is 2.67. The normalized spacial score (nSPS) is 23.9. The summed E-state index contributed by atoms with van der Waals surface area (Å²) < 4.78 is 0. The van der Waals surface area contributed by atoms with Gasteiger partial charge in [-0.1, -0.05) is 72.8 Å². The molecule has 158 valence electrons. The number of allylic oxidation sites excluding steroid dienone is 1. The van der Waals surface area contributed by atoms with Crippen LogP contribution in [0.4, 0.5) is 0 Å². The molecule has 1 saturated heterocycles. The lowest BCUT2D eigenvalue weighted by Gasteiger charge is -2.43. The number of nitrogens with zero attached hydrogens (tertiary/aromatic N) is 2. The zero-order chi connectivity index (χ0) is 21.2. The average Bonchev–Trinajstić information content (AvgIpc) is 3.27. The third-order valence-corrected chi connectivity index (χ3v) is 6.88. The third-order valence-electron chi connectivity index (χ3n) is 6.88. The Labute approximate surface area is 182 Å². The van der Waals surface area contributed by atoms with Crippen molar-refractivity contribution in [1.82, 2.24) is 9.80 Å². The Morgan fingerprint density at radius 2 is 1.60 bits per heavy atom. The summed E-state index contributed by atoms with van der Waals surface area (Å²) in [5.41, 5.74) is 4.60. The lowest BCUT2D eigenvalue weighted by atomic mass is 9.75. The van der Waals surface area contributed by atoms with Crippen molar-refractivity contribution >= 4 is 0 Å². The lowest BCUT2D eigenvalue weighted by Crippen LogP contribution is -2.49. The Morgan fingerprint density at radius 3 is 2.20 bits per heavy atom. The van der Waals surface area contributed by atoms with Crippen LogP contribution in [-0.4, -0.2) is 27.4 Å². The summed E-state index contributed by atoms with van der Waals surface area (Å²) in [7, 11) is 0. The second-order valence-corrected chi connectivity index (χ2v) is 9.87. The quantitative estimate of drug-likeness (QED) is 0.517. The monoisotopic (exact) mass is 400 g/mol. The van der Waals surface area contributed by atoms with E-state index in [2.05, 4.69) is 117 Å². The largest absolute Gasteiger partial charge is 0.368 e. The molecule has 2 atom stereocenters. The number of benzene rings is 2. The maximum atomic E-state index is 2.67. The maximum Gasteiger partial charge on any atom is 0.0559 e. The molecule has 2 aliphatic rings. The molecule has 2 aliphatic heterocycles. The molecule has 2 nitrogen and oxygen atoms in total. The van der Waals surface area contributed by atoms with Crippen molar-refractivity contribution in [1.29, 1.82) is 0 Å². The fourth-order valence-corrected chi connectivity index (χ4v) is 5.45. The Balaban J connectivity index is 1.77. The molecule has 0 unspecified atom stereocenters. The van der Waals surface area contributed by atoms with Crippen molar-refractivity contribution in [3.05, 3.63) is 95.8 Å². The van der Waals surface area contributed by atoms with E-state index in [1.54, 1.807) is 5.70 Å². The molecule has 2 aromatic carbocycles. The van der Waals surface area contributed by atoms with Gasteiger partial charge in [-0.25, -0.2) is 0 Å². The molecule has 0 amide bonds. The molecule has 0 spiro atoms. The van der Waals surface area contributed by atoms with Gasteiger partial charge in [-0.15, -0.1) is 0 Å². The van der Waals surface area contributed by atoms with Crippen molar-refractivity contribution in [2.75, 3.05) is 6.54 Å². The van der Waals surface area contributed by atoms with E-state index in [1.165, 1.54) is 17.5 Å². The Hall–Kier alpha value is -2.48. The first-order valence-electron chi connectivity index (χ1n) is 11.4. The molecule has 4 rings (SSSR count). The molecule has 2 heterocycles. The second-order valence-electron chi connectivity index (χ2n) is 9.87. The van der Waals surface area contributed by atoms with Gasteiger partial charge >= 0.3 is 0 Å². The van der Waals surface area contributed by atoms with E-state index in [0.29, 0.717) is 5.92 Å². The zero-order valence-electron chi connectivity index (χ0n) is 19.0. The molecule has 0 N–H and O–H groups in total. The van der Waals surface area contributed by atoms with Crippen molar-refractivity contribution in [3.8, 4) is 0 Å². The summed E-state index contributed by atoms with van der Waals surface area (Å²) in [6.07, 6.45) is 10.5. The van der Waals surface area contributed by atoms with Gasteiger partial charge in [0, 0.05) is 36.4 Å². The molecule has 2 aromatic rings. The van der Waals surface area contributed by atoms with Crippen molar-refractivity contribution in [3.63, 3.8) is 0 Å². The SMILES string of the molecule is C/C=C/C[C@@]1(Cc2ccccc2)[C@@H]2CCN(C(C)(C)C)C2=CN1Cc1ccccc1. The molecule has 0 bridgehead atoms. The van der Waals surface area contributed by atoms with Crippen LogP contribution < -0.4 is 0 Å². The minimum Gasteiger partial charge on any atom is -0.368 e. The van der Waals surface area contributed by atoms with Crippen LogP contribution in [-0.2, 0) is 13.0 Å². The summed E-state index contributed by atoms with van der Waals surface area (Å²) in [4.78, 5) is 5.32. The topological polar surface area (TPSA) is 6.48 Å². The van der Waals surface area contributed by atoms with Crippen LogP contribution in [0.2, 0.25) is 0 Å². The summed E-state index contributed by atoms with van der Waals surface area (Å²) in [5, 5.41) is 0. The highest BCUT2D eigenvalue weighted by Gasteiger charge is 2.53. The van der Waals surface area contributed by atoms with Crippen molar-refractivity contribution in [2.24, 2.45) is 5.92 Å². The first kappa shape index (κ1) is 20.8. The van der Waals surface area contributed by atoms with Crippen molar-refractivity contribution in [2.45, 2.75) is 64.6 Å². The molecule has 0 aromatic heterocycles. The van der Waals surface area contributed by atoms with Gasteiger partial charge in [0.25, 0.3) is 0 Å². The van der Waals surface area contributed by atoms with Gasteiger partial charge in [-0.05, 0) is 58.1 Å². The van der Waals surface area contributed by atoms with Crippen LogP contribution in [0, 0.1) is 5.92 Å². The number of likely N-dealkylation sites (tertiary alicyclic amines) is 1. The van der Waals surface area contributed by atoms with Crippen LogP contribution in [0.25, 0.3) is 0 Å². The predicted octanol–water partition coefficient (Wildman–Crippen LogP) is 6.41. The minimum atomic E-state index is 0.0824. The van der Waals surface area contributed by atoms with Crippen LogP contribution in [0.15, 0.2) is 84.7 Å². The molecule has 2 heteroatoms. The van der Waals surface area contributed by atoms with Gasteiger partial charge in [-0.3, -0.25) is 0 Å². The van der Waals surface area contributed by atoms with Gasteiger partial charge in [0.15, 0.2) is 0 Å². The fraction of sp³-hybridized carbons (Fsp3) is 0.429. The summed E-state index contributed by atoms with van der Waals surface area (Å²) in [6, 6.07) is 22.0. The second kappa shape index (κ2) is 8.34. The van der Waals surface area contributed by atoms with Gasteiger partial charge in [0.05, 0.1) is 5.54 Å². The summed E-state index contributed by atoms with van der Waals surface area (Å²) >= 11 is 0. The number of fused-ring (bicyclic) bond motifs is 1. The fourth-order valence-electron chi connectivity index (χ4n) is 5.45. The van der Waals surface area contributed by atoms with Gasteiger partial charge in [0.1, 0.15) is 0 Å². The molecule has 1 fully saturated rings. The van der Waals surface area contributed by atoms with E-state index in [1.807, 2.05) is 0 Å². The molecule has 30 heavy (non-hydrogen) atoms. The summed E-state index contributed by atoms with van der Waals surface area (Å²) in [6.45, 7) is 11.3. The Morgan fingerprint density at radius 1 is 0.967 bits per heavy atom. The number of rotatable bonds is 6. The van der Waals surface area contributed by atoms with Crippen LogP contribution in [0.5, 0.6) is 0 Å². The molecular formula is C28H36N2. The highest BCUT2D eigenvalue weighted by Crippen LogP contribution is 2.51. The predicted molar refractivity (Wildman–Crippen MR) is 127 cm³/mol. The van der Waals surface area contributed by atoms with Crippen LogP contribution in [0.1, 0.15) is 51.7 Å². The van der Waals surface area contributed by atoms with Gasteiger partial charge in [-0.2, -0.15) is 0 Å². The van der Waals surface area contributed by atoms with E-state index in [0.717, 1.165) is 25.9 Å². The average molecular weight is 401 g/mol. The van der Waals surface area contributed by atoms with Gasteiger partial charge < -0.3 is 9.80 Å². The van der Waals surface area contributed by atoms with E-state index in [-0.39, 0.29) is 11.1 Å². The first-order valence-corrected chi connectivity index (χ1v) is 11.4. The molecular weight excluding hydrogens is 364 g/mol. The Bertz CT molecular complexity index is 891. The third kappa shape index (κ3) is 3.93. The molecule has 0 radical (unpaired) electrons. The molecule has 0 aliphatic carbocycles. The number of hydrogen-bond donors (Lipinski definition) is 0. The van der Waals surface area contributed by atoms with Crippen molar-refractivity contribution < 1.29 is 0 Å². The highest BCUT2D eigenvalue weighted by molar-refractivity contribution is 5.32. The van der Waals surface area contributed by atoms with E-state index in [4.69, 9.17) is 0 Å². The molecule has 0 saturated carbocycles. The summed E-state index contributed by atoms with van der Waals surface area (Å²) in [5.74, 6) is 0.567. The standard InChI is InChI=1S/C28H36N2/c1-5-6-18-28(20-23-13-9-7-10-14-23)25-17-19-30(27(2,3)4)26(25)22-29(28)21-24-15-11-8-12-16-24/h5-16,22,25H,17-21H2,1-4H3/b6-5+/t25-,28-/m1/s1. The van der Waals surface area contributed by atoms with E-state index < -0.39 is 0 Å². The minimum absolute atomic E-state index is 0.0824. The zero-order valence-corrected chi connectivity index (χ0v) is 19.0. The first-order chi connectivity index (χ1) is 14.4. The lowest BCUT2D eigenvalue weighted by molar-refractivity contribution is 0.113. The van der Waals surface area contributed by atoms with Crippen LogP contribution in [0.3, 0.4) is 0 Å².